The Morgan fingerprint density at radius 2 is 1.72 bits per heavy atom. The van der Waals surface area contributed by atoms with E-state index in [0.29, 0.717) is 31.7 Å². The molecule has 0 spiro atoms. The molecule has 0 atom stereocenters. The van der Waals surface area contributed by atoms with Crippen LogP contribution in [0.5, 0.6) is 0 Å². The Morgan fingerprint density at radius 3 is 2.40 bits per heavy atom. The molecule has 0 unspecified atom stereocenters. The maximum atomic E-state index is 12.2. The number of ether oxygens (including phenoxy) is 1. The summed E-state index contributed by atoms with van der Waals surface area (Å²) in [6.07, 6.45) is 6.19. The third-order valence-electron chi connectivity index (χ3n) is 4.35. The third kappa shape index (κ3) is 7.23. The fraction of sp³-hybridized carbons (Fsp3) is 0.579. The lowest BCUT2D eigenvalue weighted by Gasteiger charge is -2.23. The van der Waals surface area contributed by atoms with Gasteiger partial charge in [0.1, 0.15) is 0 Å². The molecule has 2 rings (SSSR count). The van der Waals surface area contributed by atoms with Crippen molar-refractivity contribution in [3.05, 3.63) is 29.8 Å². The first-order chi connectivity index (χ1) is 12.2. The van der Waals surface area contributed by atoms with Crippen molar-refractivity contribution in [1.82, 2.24) is 5.32 Å². The first-order valence-corrected chi connectivity index (χ1v) is 9.17. The molecule has 1 aromatic rings. The molecule has 25 heavy (non-hydrogen) atoms. The fourth-order valence-electron chi connectivity index (χ4n) is 2.82. The van der Waals surface area contributed by atoms with Crippen LogP contribution in [0.3, 0.4) is 0 Å². The summed E-state index contributed by atoms with van der Waals surface area (Å²) in [6.45, 7) is 2.10. The van der Waals surface area contributed by atoms with Gasteiger partial charge in [0.05, 0.1) is 0 Å². The van der Waals surface area contributed by atoms with Crippen molar-refractivity contribution in [1.29, 1.82) is 0 Å². The largest absolute Gasteiger partial charge is 0.381 e. The quantitative estimate of drug-likeness (QED) is 0.598. The highest BCUT2D eigenvalue weighted by molar-refractivity contribution is 5.95. The van der Waals surface area contributed by atoms with Gasteiger partial charge < -0.3 is 21.1 Å². The average Bonchev–Trinajstić information content (AvgIpc) is 2.63. The molecule has 1 heterocycles. The van der Waals surface area contributed by atoms with Crippen LogP contribution in [-0.4, -0.2) is 37.6 Å². The zero-order chi connectivity index (χ0) is 17.9. The van der Waals surface area contributed by atoms with Gasteiger partial charge in [0.15, 0.2) is 0 Å². The molecule has 4 N–H and O–H groups in total. The van der Waals surface area contributed by atoms with Crippen molar-refractivity contribution in [2.75, 3.05) is 25.1 Å². The summed E-state index contributed by atoms with van der Waals surface area (Å²) in [7, 11) is 0. The zero-order valence-corrected chi connectivity index (χ0v) is 14.8. The van der Waals surface area contributed by atoms with Crippen molar-refractivity contribution in [3.63, 3.8) is 0 Å². The second-order valence-electron chi connectivity index (χ2n) is 6.44. The van der Waals surface area contributed by atoms with E-state index in [1.807, 2.05) is 0 Å². The molecule has 0 aromatic heterocycles. The maximum absolute atomic E-state index is 12.2. The number of rotatable bonds is 9. The molecule has 0 bridgehead atoms. The van der Waals surface area contributed by atoms with Crippen LogP contribution in [0.1, 0.15) is 55.3 Å². The van der Waals surface area contributed by atoms with Crippen molar-refractivity contribution >= 4 is 17.5 Å². The van der Waals surface area contributed by atoms with E-state index in [-0.39, 0.29) is 17.9 Å². The van der Waals surface area contributed by atoms with E-state index >= 15 is 0 Å². The number of hydrogen-bond acceptors (Lipinski definition) is 4. The number of hydrogen-bond donors (Lipinski definition) is 3. The average molecular weight is 347 g/mol. The Kier molecular flexibility index (Phi) is 8.42. The molecule has 6 heteroatoms. The first-order valence-electron chi connectivity index (χ1n) is 9.17. The fourth-order valence-corrected chi connectivity index (χ4v) is 2.82. The van der Waals surface area contributed by atoms with Crippen LogP contribution in [0.2, 0.25) is 0 Å². The van der Waals surface area contributed by atoms with E-state index in [4.69, 9.17) is 10.5 Å². The molecule has 0 saturated carbocycles. The molecular formula is C19H29N3O3. The second kappa shape index (κ2) is 10.8. The number of nitrogens with one attached hydrogen (secondary N) is 2. The third-order valence-corrected chi connectivity index (χ3v) is 4.35. The summed E-state index contributed by atoms with van der Waals surface area (Å²) in [6, 6.07) is 7.20. The van der Waals surface area contributed by atoms with Gasteiger partial charge in [-0.3, -0.25) is 9.59 Å². The lowest BCUT2D eigenvalue weighted by molar-refractivity contribution is -0.116. The summed E-state index contributed by atoms with van der Waals surface area (Å²) in [5, 5.41) is 5.89. The van der Waals surface area contributed by atoms with Crippen LogP contribution in [0, 0.1) is 0 Å². The number of amides is 2. The smallest absolute Gasteiger partial charge is 0.251 e. The van der Waals surface area contributed by atoms with Gasteiger partial charge in [0.2, 0.25) is 5.91 Å². The van der Waals surface area contributed by atoms with Gasteiger partial charge in [-0.2, -0.15) is 0 Å². The molecule has 1 aliphatic rings. The maximum Gasteiger partial charge on any atom is 0.251 e. The molecule has 1 saturated heterocycles. The number of anilines is 1. The Labute approximate surface area is 149 Å². The summed E-state index contributed by atoms with van der Waals surface area (Å²) >= 11 is 0. The van der Waals surface area contributed by atoms with E-state index in [1.165, 1.54) is 0 Å². The molecule has 0 radical (unpaired) electrons. The Hall–Kier alpha value is -1.92. The number of nitrogens with two attached hydrogens (primary N) is 1. The second-order valence-corrected chi connectivity index (χ2v) is 6.44. The van der Waals surface area contributed by atoms with Crippen LogP contribution in [-0.2, 0) is 9.53 Å². The minimum absolute atomic E-state index is 0.00663. The zero-order valence-electron chi connectivity index (χ0n) is 14.8. The van der Waals surface area contributed by atoms with Gasteiger partial charge in [0, 0.05) is 36.9 Å². The summed E-state index contributed by atoms with van der Waals surface area (Å²) < 4.78 is 5.29. The van der Waals surface area contributed by atoms with Crippen LogP contribution in [0.25, 0.3) is 0 Å². The van der Waals surface area contributed by atoms with E-state index < -0.39 is 0 Å². The van der Waals surface area contributed by atoms with Crippen molar-refractivity contribution in [2.45, 2.75) is 51.0 Å². The SMILES string of the molecule is NCCCCCCC(=O)Nc1ccc(C(=O)NC2CCOCC2)cc1. The summed E-state index contributed by atoms with van der Waals surface area (Å²) in [4.78, 5) is 24.1. The van der Waals surface area contributed by atoms with E-state index in [1.54, 1.807) is 24.3 Å². The van der Waals surface area contributed by atoms with Crippen molar-refractivity contribution in [3.8, 4) is 0 Å². The molecule has 1 aromatic carbocycles. The molecular weight excluding hydrogens is 318 g/mol. The van der Waals surface area contributed by atoms with Crippen LogP contribution >= 0.6 is 0 Å². The molecule has 6 nitrogen and oxygen atoms in total. The summed E-state index contributed by atoms with van der Waals surface area (Å²) in [5.41, 5.74) is 6.77. The summed E-state index contributed by atoms with van der Waals surface area (Å²) in [5.74, 6) is -0.0724. The molecule has 1 fully saturated rings. The minimum atomic E-state index is -0.0790. The van der Waals surface area contributed by atoms with Gasteiger partial charge in [-0.15, -0.1) is 0 Å². The van der Waals surface area contributed by atoms with Gasteiger partial charge in [-0.1, -0.05) is 12.8 Å². The lowest BCUT2D eigenvalue weighted by Crippen LogP contribution is -2.38. The number of carbonyl (C=O) groups excluding carboxylic acids is 2. The van der Waals surface area contributed by atoms with Gasteiger partial charge in [-0.05, 0) is 56.5 Å². The molecule has 2 amide bonds. The Morgan fingerprint density at radius 1 is 1.04 bits per heavy atom. The Bertz CT molecular complexity index is 539. The normalized spacial score (nSPS) is 14.9. The van der Waals surface area contributed by atoms with Crippen LogP contribution in [0.4, 0.5) is 5.69 Å². The number of unbranched alkanes of at least 4 members (excludes halogenated alkanes) is 3. The molecule has 1 aliphatic heterocycles. The van der Waals surface area contributed by atoms with Crippen LogP contribution in [0.15, 0.2) is 24.3 Å². The van der Waals surface area contributed by atoms with Gasteiger partial charge >= 0.3 is 0 Å². The highest BCUT2D eigenvalue weighted by Crippen LogP contribution is 2.13. The van der Waals surface area contributed by atoms with Crippen molar-refractivity contribution in [2.24, 2.45) is 5.73 Å². The molecule has 0 aliphatic carbocycles. The standard InChI is InChI=1S/C19H29N3O3/c20-12-4-2-1-3-5-18(23)21-16-8-6-15(7-9-16)19(24)22-17-10-13-25-14-11-17/h6-9,17H,1-5,10-14,20H2,(H,21,23)(H,22,24). The van der Waals surface area contributed by atoms with Crippen LogP contribution < -0.4 is 16.4 Å². The van der Waals surface area contributed by atoms with E-state index in [0.717, 1.165) is 44.2 Å². The monoisotopic (exact) mass is 347 g/mol. The van der Waals surface area contributed by atoms with E-state index in [2.05, 4.69) is 10.6 Å². The first kappa shape index (κ1) is 19.4. The number of benzene rings is 1. The predicted molar refractivity (Wildman–Crippen MR) is 98.5 cm³/mol. The highest BCUT2D eigenvalue weighted by atomic mass is 16.5. The van der Waals surface area contributed by atoms with Gasteiger partial charge in [0.25, 0.3) is 5.91 Å². The minimum Gasteiger partial charge on any atom is -0.381 e. The van der Waals surface area contributed by atoms with Gasteiger partial charge in [-0.25, -0.2) is 0 Å². The predicted octanol–water partition coefficient (Wildman–Crippen LogP) is 2.44. The van der Waals surface area contributed by atoms with E-state index in [9.17, 15) is 9.59 Å². The Balaban J connectivity index is 1.73. The highest BCUT2D eigenvalue weighted by Gasteiger charge is 2.16. The lowest BCUT2D eigenvalue weighted by atomic mass is 10.1. The molecule has 138 valence electrons. The topological polar surface area (TPSA) is 93.5 Å². The number of carbonyl (C=O) groups is 2. The van der Waals surface area contributed by atoms with Crippen molar-refractivity contribution < 1.29 is 14.3 Å².